The van der Waals surface area contributed by atoms with Gasteiger partial charge in [0.25, 0.3) is 5.69 Å². The van der Waals surface area contributed by atoms with Gasteiger partial charge in [0.1, 0.15) is 5.69 Å². The maximum atomic E-state index is 12.4. The van der Waals surface area contributed by atoms with Gasteiger partial charge in [-0.1, -0.05) is 18.2 Å². The van der Waals surface area contributed by atoms with E-state index in [9.17, 15) is 18.5 Å². The SMILES string of the molecule is CCNc1ccc(S(=O)(=O)c2ccccc2)cc1[N+](=O)[O-]. The van der Waals surface area contributed by atoms with Crippen molar-refractivity contribution in [3.63, 3.8) is 0 Å². The molecule has 0 aromatic heterocycles. The average Bonchev–Trinajstić information content (AvgIpc) is 2.48. The van der Waals surface area contributed by atoms with E-state index in [1.54, 1.807) is 25.1 Å². The van der Waals surface area contributed by atoms with Crippen LogP contribution in [0, 0.1) is 10.1 Å². The van der Waals surface area contributed by atoms with E-state index in [0.29, 0.717) is 12.2 Å². The van der Waals surface area contributed by atoms with E-state index in [1.807, 2.05) is 0 Å². The molecule has 2 aromatic carbocycles. The lowest BCUT2D eigenvalue weighted by Gasteiger charge is -2.08. The molecule has 0 fully saturated rings. The van der Waals surface area contributed by atoms with Crippen molar-refractivity contribution in [2.24, 2.45) is 0 Å². The zero-order valence-corrected chi connectivity index (χ0v) is 12.1. The summed E-state index contributed by atoms with van der Waals surface area (Å²) in [5.74, 6) is 0. The number of hydrogen-bond acceptors (Lipinski definition) is 5. The smallest absolute Gasteiger partial charge is 0.293 e. The van der Waals surface area contributed by atoms with E-state index in [2.05, 4.69) is 5.32 Å². The molecule has 0 unspecified atom stereocenters. The Morgan fingerprint density at radius 2 is 1.76 bits per heavy atom. The lowest BCUT2D eigenvalue weighted by atomic mass is 10.2. The Morgan fingerprint density at radius 1 is 1.10 bits per heavy atom. The van der Waals surface area contributed by atoms with Crippen molar-refractivity contribution in [3.05, 3.63) is 58.6 Å². The van der Waals surface area contributed by atoms with Gasteiger partial charge in [0.05, 0.1) is 14.7 Å². The Bertz CT molecular complexity index is 758. The van der Waals surface area contributed by atoms with Crippen LogP contribution in [0.3, 0.4) is 0 Å². The molecule has 0 saturated heterocycles. The largest absolute Gasteiger partial charge is 0.380 e. The molecule has 0 heterocycles. The molecule has 2 aromatic rings. The van der Waals surface area contributed by atoms with Crippen LogP contribution in [-0.2, 0) is 9.84 Å². The second kappa shape index (κ2) is 5.92. The number of nitro benzene ring substituents is 1. The Kier molecular flexibility index (Phi) is 4.23. The first-order chi connectivity index (χ1) is 9.96. The van der Waals surface area contributed by atoms with Crippen molar-refractivity contribution in [2.45, 2.75) is 16.7 Å². The summed E-state index contributed by atoms with van der Waals surface area (Å²) in [6.07, 6.45) is 0. The third-order valence-electron chi connectivity index (χ3n) is 2.90. The molecule has 0 amide bonds. The van der Waals surface area contributed by atoms with E-state index in [-0.39, 0.29) is 15.5 Å². The molecular weight excluding hydrogens is 292 g/mol. The molecular formula is C14H14N2O4S. The van der Waals surface area contributed by atoms with E-state index < -0.39 is 14.8 Å². The highest BCUT2D eigenvalue weighted by Crippen LogP contribution is 2.30. The van der Waals surface area contributed by atoms with Gasteiger partial charge in [-0.25, -0.2) is 8.42 Å². The highest BCUT2D eigenvalue weighted by Gasteiger charge is 2.22. The van der Waals surface area contributed by atoms with Crippen molar-refractivity contribution >= 4 is 21.2 Å². The molecule has 110 valence electrons. The highest BCUT2D eigenvalue weighted by molar-refractivity contribution is 7.91. The van der Waals surface area contributed by atoms with E-state index in [0.717, 1.165) is 6.07 Å². The van der Waals surface area contributed by atoms with Crippen LogP contribution in [0.2, 0.25) is 0 Å². The predicted octanol–water partition coefficient (Wildman–Crippen LogP) is 2.86. The molecule has 0 aliphatic heterocycles. The molecule has 2 rings (SSSR count). The Hall–Kier alpha value is -2.41. The number of rotatable bonds is 5. The molecule has 0 spiro atoms. The number of nitrogens with one attached hydrogen (secondary N) is 1. The van der Waals surface area contributed by atoms with Gasteiger partial charge in [-0.05, 0) is 31.2 Å². The van der Waals surface area contributed by atoms with E-state index >= 15 is 0 Å². The summed E-state index contributed by atoms with van der Waals surface area (Å²) in [5, 5.41) is 13.9. The van der Waals surface area contributed by atoms with Crippen molar-refractivity contribution in [1.29, 1.82) is 0 Å². The molecule has 0 radical (unpaired) electrons. The predicted molar refractivity (Wildman–Crippen MR) is 79.2 cm³/mol. The number of anilines is 1. The van der Waals surface area contributed by atoms with Gasteiger partial charge in [0.15, 0.2) is 0 Å². The number of sulfone groups is 1. The zero-order chi connectivity index (χ0) is 15.5. The monoisotopic (exact) mass is 306 g/mol. The van der Waals surface area contributed by atoms with Crippen LogP contribution in [0.15, 0.2) is 58.3 Å². The van der Waals surface area contributed by atoms with Crippen LogP contribution < -0.4 is 5.32 Å². The van der Waals surface area contributed by atoms with Crippen LogP contribution in [0.25, 0.3) is 0 Å². The third-order valence-corrected chi connectivity index (χ3v) is 4.66. The van der Waals surface area contributed by atoms with Crippen LogP contribution in [-0.4, -0.2) is 19.9 Å². The maximum Gasteiger partial charge on any atom is 0.293 e. The van der Waals surface area contributed by atoms with E-state index in [1.165, 1.54) is 24.3 Å². The van der Waals surface area contributed by atoms with Gasteiger partial charge >= 0.3 is 0 Å². The van der Waals surface area contributed by atoms with Crippen LogP contribution in [0.4, 0.5) is 11.4 Å². The minimum atomic E-state index is -3.76. The Balaban J connectivity index is 2.55. The van der Waals surface area contributed by atoms with Crippen molar-refractivity contribution in [2.75, 3.05) is 11.9 Å². The summed E-state index contributed by atoms with van der Waals surface area (Å²) in [4.78, 5) is 10.5. The second-order valence-electron chi connectivity index (χ2n) is 4.28. The molecule has 0 saturated carbocycles. The summed E-state index contributed by atoms with van der Waals surface area (Å²) in [5.41, 5.74) is 0.0448. The first-order valence-electron chi connectivity index (χ1n) is 6.29. The van der Waals surface area contributed by atoms with Gasteiger partial charge in [0.2, 0.25) is 9.84 Å². The van der Waals surface area contributed by atoms with Gasteiger partial charge in [-0.3, -0.25) is 10.1 Å². The molecule has 0 bridgehead atoms. The van der Waals surface area contributed by atoms with Gasteiger partial charge in [-0.15, -0.1) is 0 Å². The molecule has 0 aliphatic carbocycles. The molecule has 0 aliphatic rings. The molecule has 6 nitrogen and oxygen atoms in total. The summed E-state index contributed by atoms with van der Waals surface area (Å²) in [6, 6.07) is 11.7. The van der Waals surface area contributed by atoms with E-state index in [4.69, 9.17) is 0 Å². The van der Waals surface area contributed by atoms with Crippen LogP contribution in [0.5, 0.6) is 0 Å². The first kappa shape index (κ1) is 15.0. The minimum absolute atomic E-state index is 0.0953. The number of hydrogen-bond donors (Lipinski definition) is 1. The van der Waals surface area contributed by atoms with Crippen molar-refractivity contribution in [1.82, 2.24) is 0 Å². The Labute approximate surface area is 122 Å². The average molecular weight is 306 g/mol. The summed E-state index contributed by atoms with van der Waals surface area (Å²) >= 11 is 0. The number of benzene rings is 2. The Morgan fingerprint density at radius 3 is 2.33 bits per heavy atom. The fraction of sp³-hybridized carbons (Fsp3) is 0.143. The lowest BCUT2D eigenvalue weighted by Crippen LogP contribution is -2.05. The van der Waals surface area contributed by atoms with Crippen LogP contribution >= 0.6 is 0 Å². The summed E-state index contributed by atoms with van der Waals surface area (Å²) in [6.45, 7) is 2.31. The molecule has 0 atom stereocenters. The minimum Gasteiger partial charge on any atom is -0.380 e. The summed E-state index contributed by atoms with van der Waals surface area (Å²) in [7, 11) is -3.76. The van der Waals surface area contributed by atoms with Crippen molar-refractivity contribution < 1.29 is 13.3 Å². The zero-order valence-electron chi connectivity index (χ0n) is 11.3. The fourth-order valence-corrected chi connectivity index (χ4v) is 3.21. The van der Waals surface area contributed by atoms with Crippen molar-refractivity contribution in [3.8, 4) is 0 Å². The summed E-state index contributed by atoms with van der Waals surface area (Å²) < 4.78 is 24.9. The van der Waals surface area contributed by atoms with Gasteiger partial charge in [-0.2, -0.15) is 0 Å². The molecule has 7 heteroatoms. The normalized spacial score (nSPS) is 11.1. The highest BCUT2D eigenvalue weighted by atomic mass is 32.2. The lowest BCUT2D eigenvalue weighted by molar-refractivity contribution is -0.384. The maximum absolute atomic E-state index is 12.4. The second-order valence-corrected chi connectivity index (χ2v) is 6.23. The number of nitro groups is 1. The van der Waals surface area contributed by atoms with Gasteiger partial charge in [0, 0.05) is 12.6 Å². The standard InChI is InChI=1S/C14H14N2O4S/c1-2-15-13-9-8-12(10-14(13)16(17)18)21(19,20)11-6-4-3-5-7-11/h3-10,15H,2H2,1H3. The number of nitrogens with zero attached hydrogens (tertiary/aromatic N) is 1. The molecule has 1 N–H and O–H groups in total. The van der Waals surface area contributed by atoms with Crippen LogP contribution in [0.1, 0.15) is 6.92 Å². The fourth-order valence-electron chi connectivity index (χ4n) is 1.91. The first-order valence-corrected chi connectivity index (χ1v) is 7.77. The third kappa shape index (κ3) is 3.03. The molecule has 21 heavy (non-hydrogen) atoms. The van der Waals surface area contributed by atoms with Gasteiger partial charge < -0.3 is 5.32 Å². The quantitative estimate of drug-likeness (QED) is 0.677. The topological polar surface area (TPSA) is 89.3 Å².